The van der Waals surface area contributed by atoms with Crippen LogP contribution >= 0.6 is 22.9 Å². The lowest BCUT2D eigenvalue weighted by Crippen LogP contribution is -2.49. The molecule has 0 amide bonds. The minimum atomic E-state index is -0.925. The topological polar surface area (TPSA) is 80.7 Å². The number of hydrogen-bond donors (Lipinski definition) is 0. The van der Waals surface area contributed by atoms with E-state index in [1.54, 1.807) is 17.5 Å². The Kier molecular flexibility index (Phi) is 8.85. The zero-order chi connectivity index (χ0) is 30.2. The zero-order valence-electron chi connectivity index (χ0n) is 25.3. The van der Waals surface area contributed by atoms with Gasteiger partial charge in [-0.1, -0.05) is 23.7 Å². The molecule has 0 spiro atoms. The van der Waals surface area contributed by atoms with Crippen LogP contribution in [-0.4, -0.2) is 70.8 Å². The average molecular weight is 608 g/mol. The number of methoxy groups -OCH3 is 1. The van der Waals surface area contributed by atoms with E-state index in [9.17, 15) is 4.79 Å². The van der Waals surface area contributed by atoms with Crippen molar-refractivity contribution in [1.29, 1.82) is 0 Å². The summed E-state index contributed by atoms with van der Waals surface area (Å²) in [4.78, 5) is 32.5. The number of carbonyl (C=O) groups excluding carboxylic acids is 1. The van der Waals surface area contributed by atoms with Gasteiger partial charge in [-0.05, 0) is 76.9 Å². The SMILES string of the molecule is COC(=O)[C@@H](OC(C)(C)C)c1c(C)cc2nc(-c3ccnc(N4CCN(C(C)C)CC4)n3)sc2c1-c1ccc(Cl)cc1. The highest BCUT2D eigenvalue weighted by Crippen LogP contribution is 2.44. The molecule has 0 radical (unpaired) electrons. The smallest absolute Gasteiger partial charge is 0.339 e. The standard InChI is InChI=1S/C32H38ClN5O3S/c1-19(2)37-14-16-38(17-15-37)31-34-13-12-23(36-31)29-35-24-18-20(3)25(27(30(39)40-7)41-32(4,5)6)26(28(24)42-29)21-8-10-22(33)11-9-21/h8-13,18-19,27H,14-17H2,1-7H3/t27-/m0/s1. The predicted octanol–water partition coefficient (Wildman–Crippen LogP) is 6.94. The number of ether oxygens (including phenoxy) is 2. The summed E-state index contributed by atoms with van der Waals surface area (Å²) in [7, 11) is 1.39. The van der Waals surface area contributed by atoms with Crippen LogP contribution in [-0.2, 0) is 14.3 Å². The fraction of sp³-hybridized carbons (Fsp3) is 0.438. The van der Waals surface area contributed by atoms with Crippen LogP contribution in [0.4, 0.5) is 5.95 Å². The molecule has 10 heteroatoms. The molecule has 2 aromatic carbocycles. The number of hydrogen-bond acceptors (Lipinski definition) is 9. The third-order valence-corrected chi connectivity index (χ3v) is 8.76. The number of piperazine rings is 1. The van der Waals surface area contributed by atoms with Crippen LogP contribution < -0.4 is 4.90 Å². The lowest BCUT2D eigenvalue weighted by atomic mass is 9.91. The molecule has 4 aromatic rings. The van der Waals surface area contributed by atoms with Crippen molar-refractivity contribution in [3.05, 3.63) is 58.7 Å². The Balaban J connectivity index is 1.63. The third kappa shape index (κ3) is 6.44. The van der Waals surface area contributed by atoms with E-state index in [2.05, 4.69) is 28.6 Å². The fourth-order valence-corrected chi connectivity index (χ4v) is 6.53. The van der Waals surface area contributed by atoms with Crippen LogP contribution in [0.1, 0.15) is 51.8 Å². The largest absolute Gasteiger partial charge is 0.467 e. The molecule has 2 aromatic heterocycles. The molecule has 0 aliphatic carbocycles. The van der Waals surface area contributed by atoms with Gasteiger partial charge < -0.3 is 14.4 Å². The Morgan fingerprint density at radius 2 is 1.74 bits per heavy atom. The quantitative estimate of drug-likeness (QED) is 0.209. The molecular formula is C32H38ClN5O3S. The van der Waals surface area contributed by atoms with Gasteiger partial charge in [0.1, 0.15) is 10.7 Å². The van der Waals surface area contributed by atoms with E-state index >= 15 is 0 Å². The molecule has 5 rings (SSSR count). The second-order valence-corrected chi connectivity index (χ2v) is 13.3. The van der Waals surface area contributed by atoms with E-state index in [1.165, 1.54) is 7.11 Å². The molecule has 1 aliphatic rings. The number of aryl methyl sites for hydroxylation is 1. The number of thiazole rings is 1. The molecular weight excluding hydrogens is 570 g/mol. The van der Waals surface area contributed by atoms with E-state index in [1.807, 2.05) is 64.1 Å². The van der Waals surface area contributed by atoms with Crippen LogP contribution in [0.3, 0.4) is 0 Å². The number of rotatable bonds is 7. The zero-order valence-corrected chi connectivity index (χ0v) is 26.8. The van der Waals surface area contributed by atoms with E-state index in [4.69, 9.17) is 31.0 Å². The second kappa shape index (κ2) is 12.2. The van der Waals surface area contributed by atoms with Crippen molar-refractivity contribution in [3.63, 3.8) is 0 Å². The lowest BCUT2D eigenvalue weighted by molar-refractivity contribution is -0.164. The highest BCUT2D eigenvalue weighted by molar-refractivity contribution is 7.22. The van der Waals surface area contributed by atoms with Gasteiger partial charge in [0.25, 0.3) is 0 Å². The van der Waals surface area contributed by atoms with Crippen LogP contribution in [0.15, 0.2) is 42.6 Å². The minimum Gasteiger partial charge on any atom is -0.467 e. The maximum atomic E-state index is 13.2. The summed E-state index contributed by atoms with van der Waals surface area (Å²) in [6, 6.07) is 12.1. The lowest BCUT2D eigenvalue weighted by Gasteiger charge is -2.36. The van der Waals surface area contributed by atoms with Crippen molar-refractivity contribution in [3.8, 4) is 21.8 Å². The number of anilines is 1. The molecule has 0 N–H and O–H groups in total. The summed E-state index contributed by atoms with van der Waals surface area (Å²) in [6.45, 7) is 16.0. The van der Waals surface area contributed by atoms with Gasteiger partial charge in [0, 0.05) is 54.6 Å². The first-order chi connectivity index (χ1) is 19.9. The van der Waals surface area contributed by atoms with Crippen LogP contribution in [0, 0.1) is 6.92 Å². The van der Waals surface area contributed by atoms with Gasteiger partial charge in [-0.3, -0.25) is 4.90 Å². The molecule has 0 unspecified atom stereocenters. The number of fused-ring (bicyclic) bond motifs is 1. The Bertz CT molecular complexity index is 1570. The summed E-state index contributed by atoms with van der Waals surface area (Å²) < 4.78 is 12.5. The van der Waals surface area contributed by atoms with Gasteiger partial charge in [0.05, 0.1) is 22.9 Å². The number of halogens is 1. The fourth-order valence-electron chi connectivity index (χ4n) is 5.31. The first-order valence-corrected chi connectivity index (χ1v) is 15.4. The maximum Gasteiger partial charge on any atom is 0.339 e. The van der Waals surface area contributed by atoms with E-state index in [0.717, 1.165) is 69.4 Å². The summed E-state index contributed by atoms with van der Waals surface area (Å²) in [5.41, 5.74) is 4.44. The predicted molar refractivity (Wildman–Crippen MR) is 170 cm³/mol. The third-order valence-electron chi connectivity index (χ3n) is 7.40. The molecule has 222 valence electrons. The molecule has 8 nitrogen and oxygen atoms in total. The highest BCUT2D eigenvalue weighted by atomic mass is 35.5. The normalized spacial score (nSPS) is 15.4. The summed E-state index contributed by atoms with van der Waals surface area (Å²) >= 11 is 7.81. The average Bonchev–Trinajstić information content (AvgIpc) is 3.39. The van der Waals surface area contributed by atoms with Crippen LogP contribution in [0.5, 0.6) is 0 Å². The van der Waals surface area contributed by atoms with Gasteiger partial charge in [-0.25, -0.2) is 19.7 Å². The summed E-state index contributed by atoms with van der Waals surface area (Å²) in [6.07, 6.45) is 0.880. The van der Waals surface area contributed by atoms with Gasteiger partial charge in [-0.15, -0.1) is 11.3 Å². The van der Waals surface area contributed by atoms with Crippen molar-refractivity contribution in [2.24, 2.45) is 0 Å². The van der Waals surface area contributed by atoms with Crippen LogP contribution in [0.2, 0.25) is 5.02 Å². The van der Waals surface area contributed by atoms with Crippen molar-refractivity contribution >= 4 is 45.1 Å². The first-order valence-electron chi connectivity index (χ1n) is 14.2. The molecule has 42 heavy (non-hydrogen) atoms. The Morgan fingerprint density at radius 3 is 2.36 bits per heavy atom. The van der Waals surface area contributed by atoms with Gasteiger partial charge in [-0.2, -0.15) is 0 Å². The second-order valence-electron chi connectivity index (χ2n) is 11.8. The van der Waals surface area contributed by atoms with Gasteiger partial charge >= 0.3 is 5.97 Å². The molecule has 1 fully saturated rings. The van der Waals surface area contributed by atoms with Gasteiger partial charge in [0.15, 0.2) is 6.10 Å². The Hall–Kier alpha value is -3.11. The number of aromatic nitrogens is 3. The number of carbonyl (C=O) groups is 1. The van der Waals surface area contributed by atoms with Crippen molar-refractivity contribution in [2.75, 3.05) is 38.2 Å². The van der Waals surface area contributed by atoms with E-state index in [0.29, 0.717) is 17.0 Å². The van der Waals surface area contributed by atoms with E-state index < -0.39 is 17.7 Å². The van der Waals surface area contributed by atoms with Crippen LogP contribution in [0.25, 0.3) is 32.0 Å². The number of esters is 1. The first kappa shape index (κ1) is 30.4. The number of benzene rings is 2. The molecule has 0 bridgehead atoms. The Labute approximate surface area is 256 Å². The molecule has 1 saturated heterocycles. The summed E-state index contributed by atoms with van der Waals surface area (Å²) in [5, 5.41) is 1.42. The number of nitrogens with zero attached hydrogens (tertiary/aromatic N) is 5. The summed E-state index contributed by atoms with van der Waals surface area (Å²) in [5.74, 6) is 0.264. The molecule has 1 aliphatic heterocycles. The van der Waals surface area contributed by atoms with E-state index in [-0.39, 0.29) is 0 Å². The monoisotopic (exact) mass is 607 g/mol. The molecule has 1 atom stereocenters. The highest BCUT2D eigenvalue weighted by Gasteiger charge is 2.33. The van der Waals surface area contributed by atoms with Crippen molar-refractivity contribution in [1.82, 2.24) is 19.9 Å². The minimum absolute atomic E-state index is 0.453. The Morgan fingerprint density at radius 1 is 1.05 bits per heavy atom. The van der Waals surface area contributed by atoms with Crippen molar-refractivity contribution in [2.45, 2.75) is 59.3 Å². The molecule has 3 heterocycles. The van der Waals surface area contributed by atoms with Gasteiger partial charge in [0.2, 0.25) is 5.95 Å². The maximum absolute atomic E-state index is 13.2. The molecule has 0 saturated carbocycles. The van der Waals surface area contributed by atoms with Crippen molar-refractivity contribution < 1.29 is 14.3 Å².